The van der Waals surface area contributed by atoms with Crippen molar-refractivity contribution in [2.75, 3.05) is 39.7 Å². The van der Waals surface area contributed by atoms with Crippen molar-refractivity contribution in [3.05, 3.63) is 33.9 Å². The topological polar surface area (TPSA) is 190 Å². The average molecular weight is 718 g/mol. The van der Waals surface area contributed by atoms with Gasteiger partial charge in [0.15, 0.2) is 6.10 Å². The van der Waals surface area contributed by atoms with Crippen LogP contribution < -0.4 is 14.8 Å². The molecule has 0 fully saturated rings. The van der Waals surface area contributed by atoms with E-state index in [2.05, 4.69) is 29.8 Å². The van der Waals surface area contributed by atoms with Crippen LogP contribution in [0.3, 0.4) is 0 Å². The van der Waals surface area contributed by atoms with E-state index in [1.54, 1.807) is 21.0 Å². The molecular formula is C32H52NO13PSi. The summed E-state index contributed by atoms with van der Waals surface area (Å²) in [6, 6.07) is 0.982. The largest absolute Gasteiger partial charge is 0.496 e. The molecule has 0 saturated carbocycles. The third kappa shape index (κ3) is 16.5. The maximum absolute atomic E-state index is 12.3. The van der Waals surface area contributed by atoms with Crippen molar-refractivity contribution < 1.29 is 62.2 Å². The molecule has 1 unspecified atom stereocenters. The van der Waals surface area contributed by atoms with E-state index in [9.17, 15) is 28.5 Å². The number of hydrogen-bond acceptors (Lipinski definition) is 13. The average Bonchev–Trinajstić information content (AvgIpc) is 3.38. The summed E-state index contributed by atoms with van der Waals surface area (Å²) >= 11 is 0. The van der Waals surface area contributed by atoms with Crippen LogP contribution in [0.5, 0.6) is 11.5 Å². The quantitative estimate of drug-likeness (QED) is 0.0357. The molecule has 1 aliphatic heterocycles. The Hall–Kier alpha value is -3.52. The number of rotatable bonds is 15. The van der Waals surface area contributed by atoms with E-state index in [0.717, 1.165) is 35.9 Å². The number of aldehydes is 1. The summed E-state index contributed by atoms with van der Waals surface area (Å²) in [5.41, 5.74) is 3.64. The first kappa shape index (κ1) is 44.5. The minimum Gasteiger partial charge on any atom is -0.496 e. The van der Waals surface area contributed by atoms with E-state index in [-0.39, 0.29) is 37.8 Å². The van der Waals surface area contributed by atoms with Gasteiger partial charge in [0, 0.05) is 52.4 Å². The predicted molar refractivity (Wildman–Crippen MR) is 183 cm³/mol. The predicted octanol–water partition coefficient (Wildman–Crippen LogP) is 5.10. The van der Waals surface area contributed by atoms with Gasteiger partial charge < -0.3 is 33.7 Å². The van der Waals surface area contributed by atoms with Gasteiger partial charge in [-0.15, -0.1) is 0 Å². The van der Waals surface area contributed by atoms with E-state index in [1.165, 1.54) is 20.5 Å². The van der Waals surface area contributed by atoms with Gasteiger partial charge in [-0.2, -0.15) is 5.26 Å². The first-order valence-corrected chi connectivity index (χ1v) is 21.3. The lowest BCUT2D eigenvalue weighted by Gasteiger charge is -2.21. The fraction of sp³-hybridized carbons (Fsp3) is 0.594. The minimum absolute atomic E-state index is 0.191. The van der Waals surface area contributed by atoms with Gasteiger partial charge in [0.2, 0.25) is 13.3 Å². The molecule has 0 bridgehead atoms. The number of carbonyl (C=O) groups is 5. The molecule has 14 nitrogen and oxygen atoms in total. The molecule has 2 N–H and O–H groups in total. The molecule has 0 saturated heterocycles. The van der Waals surface area contributed by atoms with Gasteiger partial charge in [0.1, 0.15) is 30.0 Å². The molecule has 272 valence electrons. The summed E-state index contributed by atoms with van der Waals surface area (Å²) in [6.07, 6.45) is 2.42. The van der Waals surface area contributed by atoms with Gasteiger partial charge in [-0.3, -0.25) is 14.2 Å². The third-order valence-corrected chi connectivity index (χ3v) is 10.1. The second-order valence-corrected chi connectivity index (χ2v) is 20.4. The molecule has 16 heteroatoms. The monoisotopic (exact) mass is 717 g/mol. The fourth-order valence-corrected chi connectivity index (χ4v) is 6.16. The van der Waals surface area contributed by atoms with E-state index in [1.807, 2.05) is 13.0 Å². The van der Waals surface area contributed by atoms with Crippen LogP contribution in [0.1, 0.15) is 61.7 Å². The number of amides is 1. The second kappa shape index (κ2) is 21.4. The highest BCUT2D eigenvalue weighted by Crippen LogP contribution is 2.44. The molecule has 1 heterocycles. The van der Waals surface area contributed by atoms with Gasteiger partial charge in [-0.25, -0.2) is 14.4 Å². The molecule has 2 rings (SSSR count). The molecule has 0 aliphatic carbocycles. The molecule has 0 spiro atoms. The van der Waals surface area contributed by atoms with E-state index >= 15 is 0 Å². The van der Waals surface area contributed by atoms with Crippen molar-refractivity contribution in [1.82, 2.24) is 5.32 Å². The minimum atomic E-state index is -2.90. The van der Waals surface area contributed by atoms with Gasteiger partial charge in [-0.05, 0) is 51.3 Å². The number of fused-ring (bicyclic) bond motifs is 1. The number of methoxy groups -OCH3 is 1. The van der Waals surface area contributed by atoms with Gasteiger partial charge in [-0.1, -0.05) is 25.7 Å². The van der Waals surface area contributed by atoms with Crippen molar-refractivity contribution in [2.24, 2.45) is 0 Å². The van der Waals surface area contributed by atoms with Gasteiger partial charge in [0.05, 0.1) is 20.3 Å². The lowest BCUT2D eigenvalue weighted by molar-refractivity contribution is -0.231. The first-order valence-electron chi connectivity index (χ1n) is 15.4. The highest BCUT2D eigenvalue weighted by atomic mass is 31.2. The van der Waals surface area contributed by atoms with Crippen LogP contribution in [0.25, 0.3) is 0 Å². The first-order chi connectivity index (χ1) is 22.2. The number of benzene rings is 1. The Labute approximate surface area is 284 Å². The maximum atomic E-state index is 12.3. The van der Waals surface area contributed by atoms with E-state index in [4.69, 9.17) is 28.7 Å². The fourth-order valence-electron chi connectivity index (χ4n) is 4.06. The Bertz CT molecular complexity index is 1350. The number of esters is 2. The SMILES string of the molecule is CC(=O)OO.CCOC(=O)[C@H](C)OP(C)(=O)CCNC(C)=O.COc1c(C)c2c(c(OCC[Si](C)(C)C)c1C/C=C(\C)C=O)C(=O)OC2. The van der Waals surface area contributed by atoms with Crippen molar-refractivity contribution in [3.63, 3.8) is 0 Å². The van der Waals surface area contributed by atoms with E-state index < -0.39 is 33.5 Å². The van der Waals surface area contributed by atoms with Crippen molar-refractivity contribution in [2.45, 2.75) is 86.4 Å². The Morgan fingerprint density at radius 1 is 1.15 bits per heavy atom. The van der Waals surface area contributed by atoms with Crippen LogP contribution in [0.4, 0.5) is 0 Å². The molecule has 0 aromatic heterocycles. The molecule has 1 aromatic rings. The molecule has 2 atom stereocenters. The lowest BCUT2D eigenvalue weighted by Crippen LogP contribution is -2.26. The number of allylic oxidation sites excluding steroid dienone is 2. The second-order valence-electron chi connectivity index (χ2n) is 12.1. The Kier molecular flexibility index (Phi) is 19.9. The zero-order valence-electron chi connectivity index (χ0n) is 30.0. The smallest absolute Gasteiger partial charge is 0.342 e. The summed E-state index contributed by atoms with van der Waals surface area (Å²) in [5.74, 6) is -0.535. The van der Waals surface area contributed by atoms with Crippen molar-refractivity contribution >= 4 is 45.5 Å². The standard InChI is InChI=1S/C20H28O5Si.C10H20NO5P.C2H4O3/c1-13(11-21)7-8-15-18(23-3)14(2)16-12-25-20(22)17(16)19(15)24-9-10-26(4,5)6;1-5-15-10(13)8(2)16-17(4,14)7-6-11-9(3)12;1-2(3)5-4/h7,11H,8-10,12H2,1-6H3;8H,5-7H2,1-4H3,(H,11,12);4H,1H3/b13-7+;;/t;8-,17?;/m.0./s1. The number of ether oxygens (including phenoxy) is 4. The number of carbonyl (C=O) groups excluding carboxylic acids is 5. The number of nitrogens with one attached hydrogen (secondary N) is 1. The van der Waals surface area contributed by atoms with Crippen LogP contribution in [-0.4, -0.2) is 89.2 Å². The van der Waals surface area contributed by atoms with Crippen LogP contribution in [0.15, 0.2) is 11.6 Å². The molecular weight excluding hydrogens is 665 g/mol. The van der Waals surface area contributed by atoms with Crippen LogP contribution in [0, 0.1) is 6.92 Å². The molecule has 1 amide bonds. The third-order valence-electron chi connectivity index (χ3n) is 6.56. The van der Waals surface area contributed by atoms with Crippen LogP contribution in [-0.2, 0) is 55.7 Å². The lowest BCUT2D eigenvalue weighted by atomic mass is 9.95. The summed E-state index contributed by atoms with van der Waals surface area (Å²) in [5, 5.41) is 9.82. The van der Waals surface area contributed by atoms with Crippen LogP contribution in [0.2, 0.25) is 25.7 Å². The highest BCUT2D eigenvalue weighted by molar-refractivity contribution is 7.58. The molecule has 48 heavy (non-hydrogen) atoms. The summed E-state index contributed by atoms with van der Waals surface area (Å²) in [6.45, 7) is 18.9. The van der Waals surface area contributed by atoms with Crippen molar-refractivity contribution in [3.8, 4) is 11.5 Å². The number of hydrogen-bond donors (Lipinski definition) is 2. The molecule has 0 radical (unpaired) electrons. The highest BCUT2D eigenvalue weighted by Gasteiger charge is 2.33. The summed E-state index contributed by atoms with van der Waals surface area (Å²) in [4.78, 5) is 57.6. The Balaban J connectivity index is 0.000000863. The molecule has 1 aliphatic rings. The van der Waals surface area contributed by atoms with Gasteiger partial charge >= 0.3 is 17.9 Å². The normalized spacial score (nSPS) is 13.9. The summed E-state index contributed by atoms with van der Waals surface area (Å²) < 4.78 is 38.9. The van der Waals surface area contributed by atoms with E-state index in [0.29, 0.717) is 35.7 Å². The van der Waals surface area contributed by atoms with Crippen molar-refractivity contribution in [1.29, 1.82) is 0 Å². The maximum Gasteiger partial charge on any atom is 0.342 e. The zero-order valence-corrected chi connectivity index (χ0v) is 31.9. The summed E-state index contributed by atoms with van der Waals surface area (Å²) in [7, 11) is -2.57. The number of cyclic esters (lactones) is 1. The van der Waals surface area contributed by atoms with Gasteiger partial charge in [0.25, 0.3) is 0 Å². The molecule has 1 aromatic carbocycles. The zero-order chi connectivity index (χ0) is 37.2. The van der Waals surface area contributed by atoms with Crippen LogP contribution >= 0.6 is 7.37 Å². The Morgan fingerprint density at radius 3 is 2.23 bits per heavy atom. The Morgan fingerprint density at radius 2 is 1.75 bits per heavy atom.